The van der Waals surface area contributed by atoms with E-state index in [9.17, 15) is 9.59 Å². The second-order valence-corrected chi connectivity index (χ2v) is 6.67. The first kappa shape index (κ1) is 20.5. The molecule has 1 aromatic carbocycles. The molecule has 2 atom stereocenters. The topological polar surface area (TPSA) is 70.2 Å². The Morgan fingerprint density at radius 2 is 2.00 bits per heavy atom. The van der Waals surface area contributed by atoms with Crippen LogP contribution in [0.15, 0.2) is 24.3 Å². The monoisotopic (exact) mass is 353 g/mol. The van der Waals surface area contributed by atoms with E-state index in [1.165, 1.54) is 0 Å². The van der Waals surface area contributed by atoms with E-state index in [1.807, 2.05) is 25.1 Å². The Hall–Kier alpha value is -1.59. The Bertz CT molecular complexity index is 557. The van der Waals surface area contributed by atoms with Crippen LogP contribution < -0.4 is 16.0 Å². The van der Waals surface area contributed by atoms with E-state index >= 15 is 0 Å². The summed E-state index contributed by atoms with van der Waals surface area (Å²) in [5.74, 6) is 0.0485. The fraction of sp³-hybridized carbons (Fsp3) is 0.556. The summed E-state index contributed by atoms with van der Waals surface area (Å²) in [7, 11) is 0. The zero-order valence-electron chi connectivity index (χ0n) is 14.6. The lowest BCUT2D eigenvalue weighted by molar-refractivity contribution is -0.123. The second-order valence-electron chi connectivity index (χ2n) is 6.67. The average Bonchev–Trinajstić information content (AvgIpc) is 2.99. The summed E-state index contributed by atoms with van der Waals surface area (Å²) < 4.78 is 0. The molecule has 0 spiro atoms. The highest BCUT2D eigenvalue weighted by atomic mass is 35.5. The predicted molar refractivity (Wildman–Crippen MR) is 98.6 cm³/mol. The van der Waals surface area contributed by atoms with Crippen LogP contribution >= 0.6 is 12.4 Å². The molecule has 0 aromatic heterocycles. The van der Waals surface area contributed by atoms with Crippen molar-refractivity contribution in [2.75, 3.05) is 13.1 Å². The molecule has 2 amide bonds. The summed E-state index contributed by atoms with van der Waals surface area (Å²) in [6, 6.07) is 7.09. The summed E-state index contributed by atoms with van der Waals surface area (Å²) in [4.78, 5) is 25.0. The lowest BCUT2D eigenvalue weighted by atomic mass is 10.0. The molecule has 5 nitrogen and oxygen atoms in total. The third-order valence-corrected chi connectivity index (χ3v) is 4.13. The summed E-state index contributed by atoms with van der Waals surface area (Å²) in [6.45, 7) is 7.73. The first-order valence-corrected chi connectivity index (χ1v) is 8.35. The van der Waals surface area contributed by atoms with Crippen LogP contribution in [0.2, 0.25) is 0 Å². The number of aryl methyl sites for hydroxylation is 1. The minimum absolute atomic E-state index is 0. The molecule has 134 valence electrons. The fourth-order valence-corrected chi connectivity index (χ4v) is 2.85. The van der Waals surface area contributed by atoms with Crippen molar-refractivity contribution in [1.82, 2.24) is 16.0 Å². The number of nitrogens with one attached hydrogen (secondary N) is 3. The molecule has 0 aliphatic carbocycles. The van der Waals surface area contributed by atoms with Crippen molar-refractivity contribution < 1.29 is 9.59 Å². The summed E-state index contributed by atoms with van der Waals surface area (Å²) >= 11 is 0. The van der Waals surface area contributed by atoms with E-state index in [1.54, 1.807) is 6.07 Å². The van der Waals surface area contributed by atoms with Crippen molar-refractivity contribution in [2.45, 2.75) is 45.7 Å². The maximum atomic E-state index is 12.5. The van der Waals surface area contributed by atoms with Crippen LogP contribution in [0.5, 0.6) is 0 Å². The Balaban J connectivity index is 0.00000288. The molecular weight excluding hydrogens is 326 g/mol. The summed E-state index contributed by atoms with van der Waals surface area (Å²) in [5, 5.41) is 9.18. The van der Waals surface area contributed by atoms with Gasteiger partial charge in [0, 0.05) is 18.2 Å². The van der Waals surface area contributed by atoms with Crippen LogP contribution in [0.4, 0.5) is 0 Å². The molecule has 1 aliphatic heterocycles. The van der Waals surface area contributed by atoms with Crippen LogP contribution in [0.1, 0.15) is 42.6 Å². The Kier molecular flexibility index (Phi) is 8.22. The summed E-state index contributed by atoms with van der Waals surface area (Å²) in [5.41, 5.74) is 1.53. The van der Waals surface area contributed by atoms with Gasteiger partial charge in [-0.15, -0.1) is 12.4 Å². The quantitative estimate of drug-likeness (QED) is 0.733. The van der Waals surface area contributed by atoms with E-state index < -0.39 is 6.04 Å². The highest BCUT2D eigenvalue weighted by molar-refractivity contribution is 5.98. The van der Waals surface area contributed by atoms with Gasteiger partial charge in [0.05, 0.1) is 0 Å². The van der Waals surface area contributed by atoms with Gasteiger partial charge in [0.15, 0.2) is 0 Å². The van der Waals surface area contributed by atoms with Crippen molar-refractivity contribution in [3.8, 4) is 0 Å². The zero-order chi connectivity index (χ0) is 16.8. The smallest absolute Gasteiger partial charge is 0.252 e. The van der Waals surface area contributed by atoms with Gasteiger partial charge in [-0.1, -0.05) is 32.0 Å². The average molecular weight is 354 g/mol. The van der Waals surface area contributed by atoms with E-state index in [4.69, 9.17) is 0 Å². The lowest BCUT2D eigenvalue weighted by Crippen LogP contribution is -2.50. The summed E-state index contributed by atoms with van der Waals surface area (Å²) in [6.07, 6.45) is 1.56. The SMILES string of the molecule is Cc1ccccc1C(=O)NC(CC(C)C)C(=O)NC1CCNC1.Cl. The maximum Gasteiger partial charge on any atom is 0.252 e. The molecule has 1 saturated heterocycles. The minimum Gasteiger partial charge on any atom is -0.350 e. The van der Waals surface area contributed by atoms with Gasteiger partial charge in [-0.2, -0.15) is 0 Å². The molecule has 2 rings (SSSR count). The third-order valence-electron chi connectivity index (χ3n) is 4.13. The van der Waals surface area contributed by atoms with Gasteiger partial charge < -0.3 is 16.0 Å². The highest BCUT2D eigenvalue weighted by Gasteiger charge is 2.26. The number of hydrogen-bond donors (Lipinski definition) is 3. The van der Waals surface area contributed by atoms with Crippen LogP contribution in [0.3, 0.4) is 0 Å². The number of hydrogen-bond acceptors (Lipinski definition) is 3. The molecule has 6 heteroatoms. The molecule has 1 heterocycles. The van der Waals surface area contributed by atoms with E-state index in [0.717, 1.165) is 25.1 Å². The number of carbonyl (C=O) groups excluding carboxylic acids is 2. The lowest BCUT2D eigenvalue weighted by Gasteiger charge is -2.22. The van der Waals surface area contributed by atoms with Crippen LogP contribution in [0.25, 0.3) is 0 Å². The van der Waals surface area contributed by atoms with E-state index in [0.29, 0.717) is 17.9 Å². The molecule has 1 aliphatic rings. The Labute approximate surface area is 150 Å². The van der Waals surface area contributed by atoms with E-state index in [-0.39, 0.29) is 30.3 Å². The molecule has 3 N–H and O–H groups in total. The molecule has 0 bridgehead atoms. The predicted octanol–water partition coefficient (Wildman–Crippen LogP) is 2.04. The first-order chi connectivity index (χ1) is 11.0. The molecule has 0 radical (unpaired) electrons. The van der Waals surface area contributed by atoms with Crippen LogP contribution in [-0.4, -0.2) is 37.0 Å². The van der Waals surface area contributed by atoms with Crippen LogP contribution in [0, 0.1) is 12.8 Å². The van der Waals surface area contributed by atoms with Gasteiger partial charge in [0.2, 0.25) is 5.91 Å². The van der Waals surface area contributed by atoms with Crippen molar-refractivity contribution in [3.63, 3.8) is 0 Å². The third kappa shape index (κ3) is 5.80. The normalized spacial score (nSPS) is 17.9. The number of amides is 2. The standard InChI is InChI=1S/C18H27N3O2.ClH/c1-12(2)10-16(18(23)20-14-8-9-19-11-14)21-17(22)15-7-5-4-6-13(15)3;/h4-7,12,14,16,19H,8-11H2,1-3H3,(H,20,23)(H,21,22);1H. The molecule has 1 fully saturated rings. The minimum atomic E-state index is -0.497. The van der Waals surface area contributed by atoms with E-state index in [2.05, 4.69) is 29.8 Å². The Morgan fingerprint density at radius 1 is 1.29 bits per heavy atom. The fourth-order valence-electron chi connectivity index (χ4n) is 2.85. The molecule has 24 heavy (non-hydrogen) atoms. The van der Waals surface area contributed by atoms with Gasteiger partial charge in [-0.25, -0.2) is 0 Å². The van der Waals surface area contributed by atoms with Crippen LogP contribution in [-0.2, 0) is 4.79 Å². The Morgan fingerprint density at radius 3 is 2.58 bits per heavy atom. The van der Waals surface area contributed by atoms with Crippen molar-refractivity contribution in [1.29, 1.82) is 0 Å². The number of halogens is 1. The zero-order valence-corrected chi connectivity index (χ0v) is 15.4. The van der Waals surface area contributed by atoms with Crippen molar-refractivity contribution in [3.05, 3.63) is 35.4 Å². The molecule has 2 unspecified atom stereocenters. The largest absolute Gasteiger partial charge is 0.350 e. The maximum absolute atomic E-state index is 12.5. The molecular formula is C18H28ClN3O2. The second kappa shape index (κ2) is 9.64. The van der Waals surface area contributed by atoms with Gasteiger partial charge in [-0.05, 0) is 43.9 Å². The van der Waals surface area contributed by atoms with Gasteiger partial charge in [0.25, 0.3) is 5.91 Å². The highest BCUT2D eigenvalue weighted by Crippen LogP contribution is 2.10. The van der Waals surface area contributed by atoms with Gasteiger partial charge in [-0.3, -0.25) is 9.59 Å². The first-order valence-electron chi connectivity index (χ1n) is 8.35. The number of benzene rings is 1. The molecule has 0 saturated carbocycles. The number of carbonyl (C=O) groups is 2. The van der Waals surface area contributed by atoms with Gasteiger partial charge in [0.1, 0.15) is 6.04 Å². The van der Waals surface area contributed by atoms with Crippen molar-refractivity contribution in [2.24, 2.45) is 5.92 Å². The van der Waals surface area contributed by atoms with Gasteiger partial charge >= 0.3 is 0 Å². The van der Waals surface area contributed by atoms with Crippen molar-refractivity contribution >= 4 is 24.2 Å². The number of rotatable bonds is 6. The molecule has 1 aromatic rings.